The van der Waals surface area contributed by atoms with Gasteiger partial charge in [-0.2, -0.15) is 0 Å². The molecule has 2 N–H and O–H groups in total. The van der Waals surface area contributed by atoms with Crippen LogP contribution in [0.25, 0.3) is 0 Å². The molecule has 1 amide bonds. The first-order valence-corrected chi connectivity index (χ1v) is 8.18. The third-order valence-electron chi connectivity index (χ3n) is 4.05. The summed E-state index contributed by atoms with van der Waals surface area (Å²) >= 11 is 0. The molecule has 1 unspecified atom stereocenters. The molecular weight excluding hydrogens is 304 g/mol. The van der Waals surface area contributed by atoms with Crippen LogP contribution in [0.4, 0.5) is 11.5 Å². The van der Waals surface area contributed by atoms with Crippen LogP contribution in [0.3, 0.4) is 0 Å². The average molecular weight is 326 g/mol. The number of aryl methyl sites for hydroxylation is 2. The molecule has 6 nitrogen and oxygen atoms in total. The minimum atomic E-state index is -0.264. The molecule has 6 heteroatoms. The predicted octanol–water partition coefficient (Wildman–Crippen LogP) is 2.94. The summed E-state index contributed by atoms with van der Waals surface area (Å²) in [6, 6.07) is 5.89. The Kier molecular flexibility index (Phi) is 5.05. The fraction of sp³-hybridized carbons (Fsp3) is 0.389. The lowest BCUT2D eigenvalue weighted by Gasteiger charge is -2.11. The molecule has 1 atom stereocenters. The van der Waals surface area contributed by atoms with E-state index in [1.807, 2.05) is 32.0 Å². The average Bonchev–Trinajstić information content (AvgIpc) is 3.09. The van der Waals surface area contributed by atoms with E-state index in [9.17, 15) is 4.79 Å². The van der Waals surface area contributed by atoms with Crippen LogP contribution in [0.5, 0.6) is 0 Å². The third-order valence-corrected chi connectivity index (χ3v) is 4.05. The van der Waals surface area contributed by atoms with Gasteiger partial charge in [-0.25, -0.2) is 9.97 Å². The zero-order valence-electron chi connectivity index (χ0n) is 14.0. The number of nitrogens with one attached hydrogen (secondary N) is 2. The lowest BCUT2D eigenvalue weighted by molar-refractivity contribution is 0.102. The highest BCUT2D eigenvalue weighted by Gasteiger charge is 2.15. The number of ether oxygens (including phenoxy) is 1. The second kappa shape index (κ2) is 7.40. The molecule has 2 heterocycles. The Bertz CT molecular complexity index is 709. The summed E-state index contributed by atoms with van der Waals surface area (Å²) in [5.74, 6) is 0.383. The fourth-order valence-electron chi connectivity index (χ4n) is 2.70. The predicted molar refractivity (Wildman–Crippen MR) is 93.4 cm³/mol. The summed E-state index contributed by atoms with van der Waals surface area (Å²) in [7, 11) is 0. The molecule has 1 aromatic carbocycles. The number of benzene rings is 1. The lowest BCUT2D eigenvalue weighted by atomic mass is 10.1. The van der Waals surface area contributed by atoms with E-state index < -0.39 is 0 Å². The van der Waals surface area contributed by atoms with Crippen molar-refractivity contribution in [2.45, 2.75) is 32.8 Å². The van der Waals surface area contributed by atoms with Gasteiger partial charge in [-0.05, 0) is 38.3 Å². The number of hydrogen-bond donors (Lipinski definition) is 2. The van der Waals surface area contributed by atoms with Crippen LogP contribution in [-0.4, -0.2) is 35.1 Å². The zero-order valence-corrected chi connectivity index (χ0v) is 14.0. The summed E-state index contributed by atoms with van der Waals surface area (Å²) in [6.45, 7) is 5.52. The monoisotopic (exact) mass is 326 g/mol. The Labute approximate surface area is 141 Å². The van der Waals surface area contributed by atoms with E-state index in [2.05, 4.69) is 20.6 Å². The molecule has 3 rings (SSSR count). The zero-order chi connectivity index (χ0) is 16.9. The van der Waals surface area contributed by atoms with Crippen molar-refractivity contribution in [3.05, 3.63) is 47.4 Å². The van der Waals surface area contributed by atoms with Crippen LogP contribution in [0, 0.1) is 13.8 Å². The second-order valence-corrected chi connectivity index (χ2v) is 6.08. The summed E-state index contributed by atoms with van der Waals surface area (Å²) < 4.78 is 5.55. The second-order valence-electron chi connectivity index (χ2n) is 6.08. The van der Waals surface area contributed by atoms with E-state index >= 15 is 0 Å². The van der Waals surface area contributed by atoms with E-state index in [4.69, 9.17) is 4.74 Å². The minimum absolute atomic E-state index is 0.235. The fourth-order valence-corrected chi connectivity index (χ4v) is 2.70. The number of anilines is 2. The quantitative estimate of drug-likeness (QED) is 0.883. The van der Waals surface area contributed by atoms with Crippen LogP contribution < -0.4 is 10.6 Å². The molecule has 1 aliphatic heterocycles. The standard InChI is InChI=1S/C18H22N4O2/c1-12-5-6-15(13(2)8-12)22-18(23)16-10-21-17(11-19-16)20-9-14-4-3-7-24-14/h5-6,8,10-11,14H,3-4,7,9H2,1-2H3,(H,20,21)(H,22,23). The third kappa shape index (κ3) is 4.08. The van der Waals surface area contributed by atoms with Gasteiger partial charge in [-0.3, -0.25) is 4.79 Å². The number of carbonyl (C=O) groups excluding carboxylic acids is 1. The molecule has 126 valence electrons. The normalized spacial score (nSPS) is 16.8. The van der Waals surface area contributed by atoms with Crippen molar-refractivity contribution in [1.29, 1.82) is 0 Å². The van der Waals surface area contributed by atoms with E-state index in [0.717, 1.165) is 36.3 Å². The number of nitrogens with zero attached hydrogens (tertiary/aromatic N) is 2. The molecule has 0 aliphatic carbocycles. The van der Waals surface area contributed by atoms with E-state index in [1.54, 1.807) is 6.20 Å². The van der Waals surface area contributed by atoms with Gasteiger partial charge in [0.2, 0.25) is 0 Å². The highest BCUT2D eigenvalue weighted by molar-refractivity contribution is 6.03. The Hall–Kier alpha value is -2.47. The van der Waals surface area contributed by atoms with Crippen LogP contribution in [-0.2, 0) is 4.74 Å². The Balaban J connectivity index is 1.58. The molecule has 0 spiro atoms. The van der Waals surface area contributed by atoms with E-state index in [1.165, 1.54) is 6.20 Å². The smallest absolute Gasteiger partial charge is 0.275 e. The van der Waals surface area contributed by atoms with E-state index in [-0.39, 0.29) is 17.7 Å². The van der Waals surface area contributed by atoms with Crippen LogP contribution in [0.1, 0.15) is 34.5 Å². The maximum Gasteiger partial charge on any atom is 0.275 e. The maximum atomic E-state index is 12.3. The van der Waals surface area contributed by atoms with Crippen molar-refractivity contribution in [2.24, 2.45) is 0 Å². The molecule has 0 saturated carbocycles. The molecule has 1 aromatic heterocycles. The Morgan fingerprint density at radius 3 is 2.83 bits per heavy atom. The van der Waals surface area contributed by atoms with Crippen molar-refractivity contribution >= 4 is 17.4 Å². The minimum Gasteiger partial charge on any atom is -0.376 e. The number of aromatic nitrogens is 2. The summed E-state index contributed by atoms with van der Waals surface area (Å²) in [5, 5.41) is 6.06. The lowest BCUT2D eigenvalue weighted by Crippen LogP contribution is -2.19. The molecule has 1 aliphatic rings. The summed E-state index contributed by atoms with van der Waals surface area (Å²) in [4.78, 5) is 20.7. The van der Waals surface area contributed by atoms with Crippen molar-refractivity contribution in [3.63, 3.8) is 0 Å². The first-order chi connectivity index (χ1) is 11.6. The Morgan fingerprint density at radius 1 is 1.29 bits per heavy atom. The van der Waals surface area contributed by atoms with Gasteiger partial charge in [0.15, 0.2) is 0 Å². The number of amides is 1. The van der Waals surface area contributed by atoms with Gasteiger partial charge in [0.1, 0.15) is 11.5 Å². The Morgan fingerprint density at radius 2 is 2.17 bits per heavy atom. The number of carbonyl (C=O) groups is 1. The van der Waals surface area contributed by atoms with Crippen LogP contribution >= 0.6 is 0 Å². The first kappa shape index (κ1) is 16.4. The molecular formula is C18H22N4O2. The topological polar surface area (TPSA) is 76.1 Å². The molecule has 0 radical (unpaired) electrons. The van der Waals surface area contributed by atoms with Gasteiger partial charge in [0.05, 0.1) is 18.5 Å². The summed E-state index contributed by atoms with van der Waals surface area (Å²) in [5.41, 5.74) is 3.25. The van der Waals surface area contributed by atoms with Crippen LogP contribution in [0.2, 0.25) is 0 Å². The van der Waals surface area contributed by atoms with Crippen molar-refractivity contribution in [2.75, 3.05) is 23.8 Å². The van der Waals surface area contributed by atoms with Gasteiger partial charge in [-0.15, -0.1) is 0 Å². The molecule has 0 bridgehead atoms. The molecule has 1 fully saturated rings. The SMILES string of the molecule is Cc1ccc(NC(=O)c2cnc(NCC3CCCO3)cn2)c(C)c1. The largest absolute Gasteiger partial charge is 0.376 e. The van der Waals surface area contributed by atoms with E-state index in [0.29, 0.717) is 12.4 Å². The molecule has 1 saturated heterocycles. The van der Waals surface area contributed by atoms with Crippen LogP contribution in [0.15, 0.2) is 30.6 Å². The maximum absolute atomic E-state index is 12.3. The van der Waals surface area contributed by atoms with Crippen molar-refractivity contribution in [1.82, 2.24) is 9.97 Å². The van der Waals surface area contributed by atoms with Gasteiger partial charge in [-0.1, -0.05) is 17.7 Å². The highest BCUT2D eigenvalue weighted by Crippen LogP contribution is 2.17. The van der Waals surface area contributed by atoms with Gasteiger partial charge >= 0.3 is 0 Å². The number of rotatable bonds is 5. The molecule has 24 heavy (non-hydrogen) atoms. The number of hydrogen-bond acceptors (Lipinski definition) is 5. The van der Waals surface area contributed by atoms with Crippen molar-refractivity contribution in [3.8, 4) is 0 Å². The van der Waals surface area contributed by atoms with Crippen molar-refractivity contribution < 1.29 is 9.53 Å². The van der Waals surface area contributed by atoms with Gasteiger partial charge in [0.25, 0.3) is 5.91 Å². The van der Waals surface area contributed by atoms with Gasteiger partial charge < -0.3 is 15.4 Å². The highest BCUT2D eigenvalue weighted by atomic mass is 16.5. The summed E-state index contributed by atoms with van der Waals surface area (Å²) in [6.07, 6.45) is 5.47. The molecule has 2 aromatic rings. The van der Waals surface area contributed by atoms with Gasteiger partial charge in [0, 0.05) is 18.8 Å². The first-order valence-electron chi connectivity index (χ1n) is 8.18.